The third kappa shape index (κ3) is 5.66. The van der Waals surface area contributed by atoms with Gasteiger partial charge in [0.1, 0.15) is 11.5 Å². The molecule has 0 N–H and O–H groups in total. The molecule has 33 heavy (non-hydrogen) atoms. The molecule has 1 aromatic heterocycles. The summed E-state index contributed by atoms with van der Waals surface area (Å²) in [5.74, 6) is 1.39. The van der Waals surface area contributed by atoms with Crippen molar-refractivity contribution in [3.05, 3.63) is 60.2 Å². The van der Waals surface area contributed by atoms with Gasteiger partial charge in [0.25, 0.3) is 0 Å². The Hall–Kier alpha value is -2.62. The second-order valence-corrected chi connectivity index (χ2v) is 10.3. The average molecular weight is 474 g/mol. The van der Waals surface area contributed by atoms with Gasteiger partial charge in [0.2, 0.25) is 15.9 Å². The molecule has 0 atom stereocenters. The third-order valence-corrected chi connectivity index (χ3v) is 8.11. The van der Waals surface area contributed by atoms with E-state index in [1.165, 1.54) is 4.31 Å². The van der Waals surface area contributed by atoms with Gasteiger partial charge >= 0.3 is 0 Å². The number of carbonyl (C=O) groups is 1. The smallest absolute Gasteiger partial charge is 0.243 e. The minimum absolute atomic E-state index is 0.0195. The number of amides is 1. The van der Waals surface area contributed by atoms with Crippen molar-refractivity contribution < 1.29 is 22.4 Å². The highest BCUT2D eigenvalue weighted by atomic mass is 32.2. The minimum atomic E-state index is -3.57. The SMILES string of the molecule is COc1ccc(S(=O)(=O)N2CCN(CC(=O)N(Cc3ccco3)C3=CCCCC3)CC2)cc1. The highest BCUT2D eigenvalue weighted by Gasteiger charge is 2.30. The Morgan fingerprint density at radius 3 is 2.45 bits per heavy atom. The van der Waals surface area contributed by atoms with Crippen LogP contribution in [0.25, 0.3) is 0 Å². The van der Waals surface area contributed by atoms with Gasteiger partial charge in [-0.05, 0) is 62.1 Å². The van der Waals surface area contributed by atoms with Gasteiger partial charge in [-0.3, -0.25) is 9.69 Å². The van der Waals surface area contributed by atoms with Gasteiger partial charge in [0, 0.05) is 31.9 Å². The molecule has 1 aliphatic carbocycles. The number of ether oxygens (including phenoxy) is 1. The fourth-order valence-electron chi connectivity index (χ4n) is 4.28. The van der Waals surface area contributed by atoms with Crippen molar-refractivity contribution in [3.8, 4) is 5.75 Å². The molecule has 4 rings (SSSR count). The maximum absolute atomic E-state index is 13.3. The van der Waals surface area contributed by atoms with Crippen LogP contribution in [0.3, 0.4) is 0 Å². The first kappa shape index (κ1) is 23.5. The molecular weight excluding hydrogens is 442 g/mol. The van der Waals surface area contributed by atoms with Gasteiger partial charge in [-0.15, -0.1) is 0 Å². The van der Waals surface area contributed by atoms with E-state index in [0.717, 1.165) is 37.1 Å². The van der Waals surface area contributed by atoms with Crippen molar-refractivity contribution in [1.29, 1.82) is 0 Å². The Kier molecular flexibility index (Phi) is 7.52. The van der Waals surface area contributed by atoms with Crippen LogP contribution in [0.2, 0.25) is 0 Å². The van der Waals surface area contributed by atoms with Crippen LogP contribution in [0.15, 0.2) is 63.7 Å². The summed E-state index contributed by atoms with van der Waals surface area (Å²) in [6.07, 6.45) is 7.88. The number of rotatable bonds is 8. The predicted octanol–water partition coefficient (Wildman–Crippen LogP) is 3.08. The zero-order chi connectivity index (χ0) is 23.3. The Bertz CT molecular complexity index is 1060. The van der Waals surface area contributed by atoms with Crippen LogP contribution < -0.4 is 4.74 Å². The van der Waals surface area contributed by atoms with Crippen LogP contribution in [0.4, 0.5) is 0 Å². The van der Waals surface area contributed by atoms with Crippen molar-refractivity contribution in [2.45, 2.75) is 37.1 Å². The highest BCUT2D eigenvalue weighted by Crippen LogP contribution is 2.24. The fraction of sp³-hybridized carbons (Fsp3) is 0.458. The fourth-order valence-corrected chi connectivity index (χ4v) is 5.70. The van der Waals surface area contributed by atoms with Gasteiger partial charge in [-0.1, -0.05) is 6.08 Å². The molecule has 178 valence electrons. The monoisotopic (exact) mass is 473 g/mol. The lowest BCUT2D eigenvalue weighted by atomic mass is 10.0. The van der Waals surface area contributed by atoms with Crippen LogP contribution in [-0.2, 0) is 21.4 Å². The lowest BCUT2D eigenvalue weighted by Gasteiger charge is -2.35. The maximum Gasteiger partial charge on any atom is 0.243 e. The second-order valence-electron chi connectivity index (χ2n) is 8.36. The largest absolute Gasteiger partial charge is 0.497 e. The highest BCUT2D eigenvalue weighted by molar-refractivity contribution is 7.89. The minimum Gasteiger partial charge on any atom is -0.497 e. The molecule has 1 amide bonds. The van der Waals surface area contributed by atoms with Crippen LogP contribution in [0.1, 0.15) is 31.4 Å². The van der Waals surface area contributed by atoms with E-state index in [2.05, 4.69) is 6.08 Å². The molecule has 1 saturated heterocycles. The lowest BCUT2D eigenvalue weighted by molar-refractivity contribution is -0.131. The van der Waals surface area contributed by atoms with Crippen molar-refractivity contribution in [2.24, 2.45) is 0 Å². The Balaban J connectivity index is 1.37. The summed E-state index contributed by atoms with van der Waals surface area (Å²) in [4.78, 5) is 17.4. The zero-order valence-corrected chi connectivity index (χ0v) is 19.8. The van der Waals surface area contributed by atoms with E-state index >= 15 is 0 Å². The summed E-state index contributed by atoms with van der Waals surface area (Å²) in [5, 5.41) is 0. The molecular formula is C24H31N3O5S. The molecule has 2 heterocycles. The summed E-state index contributed by atoms with van der Waals surface area (Å²) in [5.41, 5.74) is 1.06. The molecule has 1 aromatic carbocycles. The van der Waals surface area contributed by atoms with Crippen LogP contribution in [0, 0.1) is 0 Å². The topological polar surface area (TPSA) is 83.3 Å². The van der Waals surface area contributed by atoms with E-state index in [4.69, 9.17) is 9.15 Å². The van der Waals surface area contributed by atoms with Gasteiger partial charge in [0.05, 0.1) is 31.4 Å². The summed E-state index contributed by atoms with van der Waals surface area (Å²) in [6.45, 7) is 2.40. The molecule has 2 aliphatic rings. The number of hydrogen-bond donors (Lipinski definition) is 0. The first-order valence-corrected chi connectivity index (χ1v) is 12.8. The number of nitrogens with zero attached hydrogens (tertiary/aromatic N) is 3. The standard InChI is InChI=1S/C24H31N3O5S/c1-31-21-9-11-23(12-10-21)33(29,30)26-15-13-25(14-16-26)19-24(28)27(18-22-8-5-17-32-22)20-6-3-2-4-7-20/h5-6,8-12,17H,2-4,7,13-16,18-19H2,1H3. The number of piperazine rings is 1. The third-order valence-electron chi connectivity index (χ3n) is 6.20. The number of hydrogen-bond acceptors (Lipinski definition) is 6. The van der Waals surface area contributed by atoms with Crippen LogP contribution >= 0.6 is 0 Å². The van der Waals surface area contributed by atoms with E-state index in [9.17, 15) is 13.2 Å². The van der Waals surface area contributed by atoms with Gasteiger partial charge in [-0.2, -0.15) is 4.31 Å². The Morgan fingerprint density at radius 2 is 1.85 bits per heavy atom. The molecule has 2 aromatic rings. The van der Waals surface area contributed by atoms with E-state index in [-0.39, 0.29) is 17.3 Å². The summed E-state index contributed by atoms with van der Waals surface area (Å²) < 4.78 is 38.1. The second kappa shape index (κ2) is 10.5. The van der Waals surface area contributed by atoms with Crippen molar-refractivity contribution in [2.75, 3.05) is 39.8 Å². The van der Waals surface area contributed by atoms with E-state index in [0.29, 0.717) is 38.5 Å². The van der Waals surface area contributed by atoms with Gasteiger partial charge < -0.3 is 14.1 Å². The molecule has 0 bridgehead atoms. The van der Waals surface area contributed by atoms with Crippen molar-refractivity contribution in [3.63, 3.8) is 0 Å². The molecule has 9 heteroatoms. The van der Waals surface area contributed by atoms with Crippen LogP contribution in [0.5, 0.6) is 5.75 Å². The number of methoxy groups -OCH3 is 1. The van der Waals surface area contributed by atoms with Gasteiger partial charge in [0.15, 0.2) is 0 Å². The molecule has 0 saturated carbocycles. The Labute approximate surface area is 195 Å². The molecule has 0 radical (unpaired) electrons. The molecule has 1 aliphatic heterocycles. The molecule has 0 unspecified atom stereocenters. The van der Waals surface area contributed by atoms with E-state index in [1.54, 1.807) is 37.6 Å². The Morgan fingerprint density at radius 1 is 1.09 bits per heavy atom. The maximum atomic E-state index is 13.3. The molecule has 1 fully saturated rings. The van der Waals surface area contributed by atoms with Crippen molar-refractivity contribution in [1.82, 2.24) is 14.1 Å². The number of furan rings is 1. The first-order chi connectivity index (χ1) is 16.0. The normalized spacial score (nSPS) is 18.0. The van der Waals surface area contributed by atoms with Gasteiger partial charge in [-0.25, -0.2) is 8.42 Å². The number of benzene rings is 1. The summed E-state index contributed by atoms with van der Waals surface area (Å²) in [7, 11) is -2.03. The molecule has 8 nitrogen and oxygen atoms in total. The summed E-state index contributed by atoms with van der Waals surface area (Å²) in [6, 6.07) is 10.1. The summed E-state index contributed by atoms with van der Waals surface area (Å²) >= 11 is 0. The van der Waals surface area contributed by atoms with Crippen molar-refractivity contribution >= 4 is 15.9 Å². The average Bonchev–Trinajstić information content (AvgIpc) is 3.37. The molecule has 0 spiro atoms. The number of allylic oxidation sites excluding steroid dienone is 2. The quantitative estimate of drug-likeness (QED) is 0.586. The predicted molar refractivity (Wildman–Crippen MR) is 124 cm³/mol. The van der Waals surface area contributed by atoms with E-state index < -0.39 is 10.0 Å². The lowest BCUT2D eigenvalue weighted by Crippen LogP contribution is -2.51. The van der Waals surface area contributed by atoms with Crippen LogP contribution in [-0.4, -0.2) is 68.3 Å². The number of sulfonamides is 1. The first-order valence-electron chi connectivity index (χ1n) is 11.4. The van der Waals surface area contributed by atoms with E-state index in [1.807, 2.05) is 21.9 Å². The zero-order valence-electron chi connectivity index (χ0n) is 19.0. The number of carbonyl (C=O) groups excluding carboxylic acids is 1.